The van der Waals surface area contributed by atoms with Crippen molar-refractivity contribution in [3.63, 3.8) is 0 Å². The molecule has 18 heavy (non-hydrogen) atoms. The lowest BCUT2D eigenvalue weighted by atomic mass is 10.3. The van der Waals surface area contributed by atoms with E-state index < -0.39 is 34.1 Å². The highest BCUT2D eigenvalue weighted by Gasteiger charge is 2.75. The van der Waals surface area contributed by atoms with E-state index in [9.17, 15) is 39.2 Å². The van der Waals surface area contributed by atoms with Crippen molar-refractivity contribution in [3.05, 3.63) is 0 Å². The van der Waals surface area contributed by atoms with Crippen molar-refractivity contribution >= 4 is 10.1 Å². The van der Waals surface area contributed by atoms with Crippen LogP contribution in [-0.4, -0.2) is 32.4 Å². The summed E-state index contributed by atoms with van der Waals surface area (Å²) < 4.78 is 109. The highest BCUT2D eigenvalue weighted by Crippen LogP contribution is 2.47. The molecule has 0 aromatic rings. The first-order chi connectivity index (χ1) is 7.77. The zero-order chi connectivity index (χ0) is 14.8. The first kappa shape index (κ1) is 17.4. The van der Waals surface area contributed by atoms with Crippen LogP contribution in [0.4, 0.5) is 30.7 Å². The van der Waals surface area contributed by atoms with Crippen molar-refractivity contribution in [1.29, 1.82) is 0 Å². The van der Waals surface area contributed by atoms with Crippen LogP contribution in [0, 0.1) is 0 Å². The van der Waals surface area contributed by atoms with E-state index in [1.807, 2.05) is 0 Å². The third kappa shape index (κ3) is 3.97. The smallest absolute Gasteiger partial charge is 0.199 e. The van der Waals surface area contributed by atoms with Crippen molar-refractivity contribution in [1.82, 2.24) is 0 Å². The van der Waals surface area contributed by atoms with E-state index >= 15 is 0 Å². The second-order valence-electron chi connectivity index (χ2n) is 3.29. The van der Waals surface area contributed by atoms with Gasteiger partial charge in [0.2, 0.25) is 0 Å². The van der Waals surface area contributed by atoms with Crippen LogP contribution in [0.25, 0.3) is 0 Å². The first-order valence-electron chi connectivity index (χ1n) is 4.52. The van der Waals surface area contributed by atoms with Gasteiger partial charge in [-0.05, 0) is 6.42 Å². The van der Waals surface area contributed by atoms with Crippen LogP contribution in [0.15, 0.2) is 0 Å². The molecule has 0 fully saturated rings. The average molecular weight is 306 g/mol. The molecule has 0 aliphatic rings. The standard InChI is InChI=1S/C7H9F7O3S/c1-2-3-4-18(15,16)17-7(13,14)5(8,9)6(10,11)12/h2-4H2,1H3. The van der Waals surface area contributed by atoms with Gasteiger partial charge in [-0.3, -0.25) is 0 Å². The van der Waals surface area contributed by atoms with E-state index in [0.717, 1.165) is 0 Å². The summed E-state index contributed by atoms with van der Waals surface area (Å²) in [6.07, 6.45) is -12.8. The number of alkyl halides is 7. The summed E-state index contributed by atoms with van der Waals surface area (Å²) in [7, 11) is -5.17. The van der Waals surface area contributed by atoms with Crippen molar-refractivity contribution < 1.29 is 43.3 Å². The van der Waals surface area contributed by atoms with E-state index in [4.69, 9.17) is 0 Å². The molecule has 0 radical (unpaired) electrons. The Hall–Kier alpha value is -0.580. The average Bonchev–Trinajstić information content (AvgIpc) is 2.11. The van der Waals surface area contributed by atoms with E-state index in [2.05, 4.69) is 4.18 Å². The summed E-state index contributed by atoms with van der Waals surface area (Å²) in [6, 6.07) is 0. The van der Waals surface area contributed by atoms with E-state index in [1.165, 1.54) is 6.92 Å². The maximum atomic E-state index is 12.5. The molecule has 0 aromatic carbocycles. The third-order valence-corrected chi connectivity index (χ3v) is 2.95. The molecule has 0 N–H and O–H groups in total. The second kappa shape index (κ2) is 5.19. The lowest BCUT2D eigenvalue weighted by molar-refractivity contribution is -0.402. The number of unbranched alkanes of at least 4 members (excludes halogenated alkanes) is 1. The summed E-state index contributed by atoms with van der Waals surface area (Å²) in [6.45, 7) is 1.46. The summed E-state index contributed by atoms with van der Waals surface area (Å²) in [5.74, 6) is -7.67. The van der Waals surface area contributed by atoms with Gasteiger partial charge in [-0.25, -0.2) is 0 Å². The molecule has 0 amide bonds. The topological polar surface area (TPSA) is 43.4 Å². The van der Waals surface area contributed by atoms with Gasteiger partial charge in [-0.1, -0.05) is 13.3 Å². The molecule has 0 bridgehead atoms. The third-order valence-electron chi connectivity index (χ3n) is 1.70. The van der Waals surface area contributed by atoms with Gasteiger partial charge >= 0.3 is 18.2 Å². The molecule has 0 aliphatic heterocycles. The van der Waals surface area contributed by atoms with Gasteiger partial charge in [0, 0.05) is 0 Å². The summed E-state index contributed by atoms with van der Waals surface area (Å²) >= 11 is 0. The number of hydrogen-bond donors (Lipinski definition) is 0. The van der Waals surface area contributed by atoms with Crippen LogP contribution in [0.3, 0.4) is 0 Å². The van der Waals surface area contributed by atoms with Gasteiger partial charge in [-0.2, -0.15) is 43.3 Å². The van der Waals surface area contributed by atoms with Gasteiger partial charge in [0.05, 0.1) is 5.75 Å². The van der Waals surface area contributed by atoms with Crippen LogP contribution in [0.2, 0.25) is 0 Å². The predicted octanol–water partition coefficient (Wildman–Crippen LogP) is 2.92. The summed E-state index contributed by atoms with van der Waals surface area (Å²) in [5, 5.41) is 0. The molecule has 3 nitrogen and oxygen atoms in total. The fraction of sp³-hybridized carbons (Fsp3) is 1.00. The number of halogens is 7. The number of rotatable bonds is 6. The molecule has 0 aromatic heterocycles. The maximum Gasteiger partial charge on any atom is 0.462 e. The molecule has 0 aliphatic carbocycles. The van der Waals surface area contributed by atoms with E-state index in [-0.39, 0.29) is 12.8 Å². The second-order valence-corrected chi connectivity index (χ2v) is 4.98. The Bertz CT molecular complexity index is 373. The Kier molecular flexibility index (Phi) is 5.03. The first-order valence-corrected chi connectivity index (χ1v) is 6.10. The Morgan fingerprint density at radius 3 is 1.78 bits per heavy atom. The molecule has 0 rings (SSSR count). The molecule has 0 saturated heterocycles. The van der Waals surface area contributed by atoms with Gasteiger partial charge in [-0.15, -0.1) is 0 Å². The SMILES string of the molecule is CCCCS(=O)(=O)OC(F)(F)C(F)(F)C(F)(F)F. The zero-order valence-electron chi connectivity index (χ0n) is 8.90. The molecule has 110 valence electrons. The fourth-order valence-electron chi connectivity index (χ4n) is 0.740. The highest BCUT2D eigenvalue weighted by atomic mass is 32.2. The van der Waals surface area contributed by atoms with Crippen molar-refractivity contribution in [2.75, 3.05) is 5.75 Å². The Morgan fingerprint density at radius 2 is 1.44 bits per heavy atom. The maximum absolute atomic E-state index is 12.5. The molecule has 0 atom stereocenters. The van der Waals surface area contributed by atoms with Gasteiger partial charge in [0.25, 0.3) is 10.1 Å². The summed E-state index contributed by atoms with van der Waals surface area (Å²) in [5.41, 5.74) is 0. The monoisotopic (exact) mass is 306 g/mol. The molecule has 0 spiro atoms. The normalized spacial score (nSPS) is 14.9. The lowest BCUT2D eigenvalue weighted by Gasteiger charge is -2.26. The van der Waals surface area contributed by atoms with Gasteiger partial charge in [0.1, 0.15) is 0 Å². The van der Waals surface area contributed by atoms with Crippen LogP contribution in [0.1, 0.15) is 19.8 Å². The minimum Gasteiger partial charge on any atom is -0.199 e. The predicted molar refractivity (Wildman–Crippen MR) is 45.7 cm³/mol. The van der Waals surface area contributed by atoms with E-state index in [0.29, 0.717) is 0 Å². The Morgan fingerprint density at radius 1 is 1.00 bits per heavy atom. The molecule has 11 heteroatoms. The fourth-order valence-corrected chi connectivity index (χ4v) is 1.89. The van der Waals surface area contributed by atoms with Crippen molar-refractivity contribution in [3.8, 4) is 0 Å². The van der Waals surface area contributed by atoms with Crippen molar-refractivity contribution in [2.24, 2.45) is 0 Å². The molecule has 0 saturated carbocycles. The number of hydrogen-bond acceptors (Lipinski definition) is 3. The minimum absolute atomic E-state index is 0.198. The van der Waals surface area contributed by atoms with Crippen LogP contribution >= 0.6 is 0 Å². The Labute approximate surface area is 98.0 Å². The van der Waals surface area contributed by atoms with E-state index in [1.54, 1.807) is 0 Å². The lowest BCUT2D eigenvalue weighted by Crippen LogP contribution is -2.54. The summed E-state index contributed by atoms with van der Waals surface area (Å²) in [4.78, 5) is 0. The van der Waals surface area contributed by atoms with Crippen molar-refractivity contribution in [2.45, 2.75) is 38.0 Å². The zero-order valence-corrected chi connectivity index (χ0v) is 9.72. The highest BCUT2D eigenvalue weighted by molar-refractivity contribution is 7.86. The molecule has 0 unspecified atom stereocenters. The van der Waals surface area contributed by atoms with Gasteiger partial charge < -0.3 is 0 Å². The molecule has 0 heterocycles. The van der Waals surface area contributed by atoms with Crippen LogP contribution < -0.4 is 0 Å². The molecular weight excluding hydrogens is 297 g/mol. The van der Waals surface area contributed by atoms with Crippen LogP contribution in [0.5, 0.6) is 0 Å². The minimum atomic E-state index is -6.63. The quantitative estimate of drug-likeness (QED) is 0.560. The molecular formula is C7H9F7O3S. The van der Waals surface area contributed by atoms with Crippen LogP contribution in [-0.2, 0) is 14.3 Å². The van der Waals surface area contributed by atoms with Gasteiger partial charge in [0.15, 0.2) is 0 Å². The largest absolute Gasteiger partial charge is 0.462 e. The Balaban J connectivity index is 5.08.